The fourth-order valence-electron chi connectivity index (χ4n) is 1.38. The van der Waals surface area contributed by atoms with Gasteiger partial charge < -0.3 is 4.74 Å². The van der Waals surface area contributed by atoms with Crippen molar-refractivity contribution in [1.82, 2.24) is 0 Å². The zero-order chi connectivity index (χ0) is 13.1. The van der Waals surface area contributed by atoms with Crippen molar-refractivity contribution in [1.29, 1.82) is 0 Å². The Labute approximate surface area is 128 Å². The van der Waals surface area contributed by atoms with E-state index in [1.165, 1.54) is 16.0 Å². The van der Waals surface area contributed by atoms with Gasteiger partial charge in [-0.25, -0.2) is 4.79 Å². The molecule has 0 unspecified atom stereocenters. The average molecular weight is 324 g/mol. The molecule has 1 aromatic carbocycles. The van der Waals surface area contributed by atoms with Crippen LogP contribution in [0.25, 0.3) is 0 Å². The minimum Gasteiger partial charge on any atom is -0.423 e. The van der Waals surface area contributed by atoms with Crippen LogP contribution >= 0.6 is 47.0 Å². The van der Waals surface area contributed by atoms with Gasteiger partial charge in [0.1, 0.15) is 10.7 Å². The van der Waals surface area contributed by atoms with E-state index in [1.807, 2.05) is 23.6 Å². The summed E-state index contributed by atoms with van der Waals surface area (Å²) >= 11 is 6.45. The van der Waals surface area contributed by atoms with Crippen molar-refractivity contribution in [2.75, 3.05) is 0 Å². The standard InChI is InChI=1S/C13H8O2S4/c14-11(15-9-4-2-1-3-5-9)10-8-18-13(19-10)12-16-6-7-17-12/h1-8H. The third kappa shape index (κ3) is 3.25. The smallest absolute Gasteiger partial charge is 0.350 e. The van der Waals surface area contributed by atoms with Gasteiger partial charge in [0.25, 0.3) is 0 Å². The number of carbonyl (C=O) groups excluding carboxylic acids is 1. The zero-order valence-electron chi connectivity index (χ0n) is 9.57. The third-order valence-corrected chi connectivity index (χ3v) is 7.20. The highest BCUT2D eigenvalue weighted by molar-refractivity contribution is 8.33. The number of thioether (sulfide) groups is 4. The summed E-state index contributed by atoms with van der Waals surface area (Å²) in [5.41, 5.74) is 0. The van der Waals surface area contributed by atoms with Crippen molar-refractivity contribution in [2.24, 2.45) is 0 Å². The Morgan fingerprint density at radius 1 is 0.947 bits per heavy atom. The van der Waals surface area contributed by atoms with Crippen LogP contribution in [0.5, 0.6) is 5.75 Å². The molecule has 0 aliphatic carbocycles. The molecule has 0 saturated heterocycles. The molecule has 0 aromatic heterocycles. The van der Waals surface area contributed by atoms with Gasteiger partial charge in [0.15, 0.2) is 0 Å². The van der Waals surface area contributed by atoms with Gasteiger partial charge in [-0.2, -0.15) is 0 Å². The van der Waals surface area contributed by atoms with Gasteiger partial charge in [0.2, 0.25) is 0 Å². The maximum atomic E-state index is 12.0. The van der Waals surface area contributed by atoms with Crippen molar-refractivity contribution in [2.45, 2.75) is 0 Å². The summed E-state index contributed by atoms with van der Waals surface area (Å²) in [5.74, 6) is 0.284. The normalized spacial score (nSPS) is 17.8. The fourth-order valence-corrected chi connectivity index (χ4v) is 5.70. The molecular weight excluding hydrogens is 316 g/mol. The molecule has 2 heterocycles. The number of hydrogen-bond donors (Lipinski definition) is 0. The first-order valence-electron chi connectivity index (χ1n) is 5.37. The molecule has 2 aliphatic rings. The maximum Gasteiger partial charge on any atom is 0.350 e. The van der Waals surface area contributed by atoms with Crippen LogP contribution in [0.2, 0.25) is 0 Å². The van der Waals surface area contributed by atoms with E-state index in [2.05, 4.69) is 10.8 Å². The van der Waals surface area contributed by atoms with E-state index < -0.39 is 0 Å². The number of hydrogen-bond acceptors (Lipinski definition) is 6. The van der Waals surface area contributed by atoms with Crippen molar-refractivity contribution in [3.8, 4) is 5.75 Å². The highest BCUT2D eigenvalue weighted by Gasteiger charge is 2.24. The minimum absolute atomic E-state index is 0.291. The molecule has 3 rings (SSSR count). The van der Waals surface area contributed by atoms with Crippen LogP contribution in [0.1, 0.15) is 0 Å². The predicted octanol–water partition coefficient (Wildman–Crippen LogP) is 4.99. The van der Waals surface area contributed by atoms with E-state index in [1.54, 1.807) is 47.4 Å². The molecule has 0 fully saturated rings. The molecule has 0 saturated carbocycles. The van der Waals surface area contributed by atoms with E-state index >= 15 is 0 Å². The number of rotatable bonds is 2. The Kier molecular flexibility index (Phi) is 4.32. The van der Waals surface area contributed by atoms with Gasteiger partial charge in [-0.15, -0.1) is 0 Å². The quantitative estimate of drug-likeness (QED) is 0.561. The summed E-state index contributed by atoms with van der Waals surface area (Å²) in [6, 6.07) is 9.13. The summed E-state index contributed by atoms with van der Waals surface area (Å²) in [6.07, 6.45) is 0. The maximum absolute atomic E-state index is 12.0. The lowest BCUT2D eigenvalue weighted by atomic mass is 10.3. The Hall–Kier alpha value is -0.690. The summed E-state index contributed by atoms with van der Waals surface area (Å²) in [6.45, 7) is 0. The number of ether oxygens (including phenoxy) is 1. The van der Waals surface area contributed by atoms with Crippen molar-refractivity contribution < 1.29 is 9.53 Å². The molecule has 2 nitrogen and oxygen atoms in total. The molecule has 6 heteroatoms. The van der Waals surface area contributed by atoms with E-state index in [4.69, 9.17) is 4.74 Å². The summed E-state index contributed by atoms with van der Waals surface area (Å²) < 4.78 is 7.70. The van der Waals surface area contributed by atoms with Crippen LogP contribution in [-0.4, -0.2) is 5.97 Å². The lowest BCUT2D eigenvalue weighted by Crippen LogP contribution is -2.07. The predicted molar refractivity (Wildman–Crippen MR) is 86.7 cm³/mol. The molecule has 19 heavy (non-hydrogen) atoms. The number of carbonyl (C=O) groups is 1. The van der Waals surface area contributed by atoms with Gasteiger partial charge in [-0.3, -0.25) is 0 Å². The lowest BCUT2D eigenvalue weighted by Gasteiger charge is -2.04. The molecule has 0 amide bonds. The van der Waals surface area contributed by atoms with Crippen LogP contribution in [0.3, 0.4) is 0 Å². The summed E-state index contributed by atoms with van der Waals surface area (Å²) in [5, 5.41) is 5.96. The largest absolute Gasteiger partial charge is 0.423 e. The average Bonchev–Trinajstić information content (AvgIpc) is 3.11. The molecule has 96 valence electrons. The highest BCUT2D eigenvalue weighted by Crippen LogP contribution is 2.53. The minimum atomic E-state index is -0.291. The van der Waals surface area contributed by atoms with Crippen LogP contribution < -0.4 is 4.74 Å². The fraction of sp³-hybridized carbons (Fsp3) is 0. The Bertz CT molecular complexity index is 580. The number of benzene rings is 1. The van der Waals surface area contributed by atoms with Crippen molar-refractivity contribution >= 4 is 53.0 Å². The topological polar surface area (TPSA) is 26.3 Å². The molecule has 2 aliphatic heterocycles. The molecule has 0 bridgehead atoms. The molecule has 0 spiro atoms. The van der Waals surface area contributed by atoms with E-state index in [9.17, 15) is 4.79 Å². The molecule has 0 radical (unpaired) electrons. The van der Waals surface area contributed by atoms with Gasteiger partial charge in [0.05, 0.1) is 8.47 Å². The van der Waals surface area contributed by atoms with E-state index in [0.717, 1.165) is 4.24 Å². The van der Waals surface area contributed by atoms with Crippen molar-refractivity contribution in [3.05, 3.63) is 59.9 Å². The van der Waals surface area contributed by atoms with E-state index in [0.29, 0.717) is 10.7 Å². The van der Waals surface area contributed by atoms with Crippen LogP contribution in [-0.2, 0) is 4.79 Å². The second-order valence-electron chi connectivity index (χ2n) is 3.49. The lowest BCUT2D eigenvalue weighted by molar-refractivity contribution is -0.129. The third-order valence-electron chi connectivity index (χ3n) is 2.20. The monoisotopic (exact) mass is 324 g/mol. The van der Waals surface area contributed by atoms with Crippen LogP contribution in [0.4, 0.5) is 0 Å². The Morgan fingerprint density at radius 2 is 1.68 bits per heavy atom. The summed E-state index contributed by atoms with van der Waals surface area (Å²) in [7, 11) is 0. The first-order valence-corrected chi connectivity index (χ1v) is 8.83. The zero-order valence-corrected chi connectivity index (χ0v) is 12.8. The molecule has 0 N–H and O–H groups in total. The Morgan fingerprint density at radius 3 is 2.42 bits per heavy atom. The molecule has 0 atom stereocenters. The second kappa shape index (κ2) is 6.17. The van der Waals surface area contributed by atoms with Gasteiger partial charge >= 0.3 is 5.97 Å². The first-order chi connectivity index (χ1) is 9.33. The first kappa shape index (κ1) is 13.3. The van der Waals surface area contributed by atoms with Gasteiger partial charge in [0, 0.05) is 0 Å². The SMILES string of the molecule is O=C(Oc1ccccc1)C1=CSC(=C2SC=CS2)S1. The van der Waals surface area contributed by atoms with Crippen molar-refractivity contribution in [3.63, 3.8) is 0 Å². The second-order valence-corrected chi connectivity index (χ2v) is 7.77. The Balaban J connectivity index is 1.65. The summed E-state index contributed by atoms with van der Waals surface area (Å²) in [4.78, 5) is 12.6. The molecule has 1 aromatic rings. The molecular formula is C13H8O2S4. The van der Waals surface area contributed by atoms with Gasteiger partial charge in [-0.1, -0.05) is 65.2 Å². The van der Waals surface area contributed by atoms with Crippen LogP contribution in [0.15, 0.2) is 59.9 Å². The number of para-hydroxylation sites is 1. The van der Waals surface area contributed by atoms with E-state index in [-0.39, 0.29) is 5.97 Å². The van der Waals surface area contributed by atoms with Crippen LogP contribution in [0, 0.1) is 0 Å². The van der Waals surface area contributed by atoms with Gasteiger partial charge in [-0.05, 0) is 28.4 Å². The highest BCUT2D eigenvalue weighted by atomic mass is 32.2. The number of esters is 1.